The van der Waals surface area contributed by atoms with Crippen LogP contribution in [-0.2, 0) is 11.3 Å². The van der Waals surface area contributed by atoms with Gasteiger partial charge in [0.25, 0.3) is 0 Å². The lowest BCUT2D eigenvalue weighted by atomic mass is 9.85. The van der Waals surface area contributed by atoms with Crippen molar-refractivity contribution in [3.63, 3.8) is 0 Å². The second kappa shape index (κ2) is 7.64. The van der Waals surface area contributed by atoms with Crippen LogP contribution < -0.4 is 15.4 Å². The number of fused-ring (bicyclic) bond motifs is 1. The first-order valence-electron chi connectivity index (χ1n) is 8.73. The number of carbonyl (C=O) groups excluding carboxylic acids is 1. The van der Waals surface area contributed by atoms with Crippen LogP contribution >= 0.6 is 0 Å². The Morgan fingerprint density at radius 3 is 2.60 bits per heavy atom. The fourth-order valence-electron chi connectivity index (χ4n) is 3.70. The predicted octanol–water partition coefficient (Wildman–Crippen LogP) is 3.16. The molecule has 3 rings (SSSR count). The van der Waals surface area contributed by atoms with E-state index in [-0.39, 0.29) is 17.7 Å². The van der Waals surface area contributed by atoms with Crippen LogP contribution in [0.4, 0.5) is 13.2 Å². The molecule has 3 atom stereocenters. The number of hydrogen-bond donors (Lipinski definition) is 2. The predicted molar refractivity (Wildman–Crippen MR) is 87.1 cm³/mol. The number of alkyl halides is 3. The molecule has 1 aliphatic carbocycles. The van der Waals surface area contributed by atoms with Crippen LogP contribution in [0.25, 0.3) is 0 Å². The zero-order chi connectivity index (χ0) is 17.9. The lowest BCUT2D eigenvalue weighted by molar-refractivity contribution is -0.153. The Bertz CT molecular complexity index is 575. The van der Waals surface area contributed by atoms with Crippen LogP contribution in [0.2, 0.25) is 0 Å². The number of halogens is 3. The maximum atomic E-state index is 12.3. The fourth-order valence-corrected chi connectivity index (χ4v) is 3.70. The monoisotopic (exact) mass is 356 g/mol. The summed E-state index contributed by atoms with van der Waals surface area (Å²) in [6.07, 6.45) is 1.36. The molecule has 1 heterocycles. The molecule has 138 valence electrons. The van der Waals surface area contributed by atoms with Crippen molar-refractivity contribution >= 4 is 5.91 Å². The average Bonchev–Trinajstić information content (AvgIpc) is 3.02. The summed E-state index contributed by atoms with van der Waals surface area (Å²) < 4.78 is 41.0. The molecule has 0 bridgehead atoms. The lowest BCUT2D eigenvalue weighted by Gasteiger charge is -2.24. The highest BCUT2D eigenvalue weighted by Gasteiger charge is 2.38. The van der Waals surface area contributed by atoms with E-state index in [4.69, 9.17) is 0 Å². The molecule has 25 heavy (non-hydrogen) atoms. The van der Waals surface area contributed by atoms with E-state index in [1.807, 2.05) is 0 Å². The Morgan fingerprint density at radius 1 is 1.20 bits per heavy atom. The molecular formula is C18H23F3N2O2. The number of nitrogens with one attached hydrogen (secondary N) is 2. The summed E-state index contributed by atoms with van der Waals surface area (Å²) in [6, 6.07) is 6.62. The van der Waals surface area contributed by atoms with Crippen molar-refractivity contribution < 1.29 is 22.7 Å². The van der Waals surface area contributed by atoms with E-state index in [0.717, 1.165) is 18.4 Å². The van der Waals surface area contributed by atoms with E-state index in [1.165, 1.54) is 31.4 Å². The van der Waals surface area contributed by atoms with Gasteiger partial charge in [-0.1, -0.05) is 25.0 Å². The third kappa shape index (κ3) is 5.11. The third-order valence-electron chi connectivity index (χ3n) is 4.97. The number of hydrogen-bond acceptors (Lipinski definition) is 3. The van der Waals surface area contributed by atoms with Crippen LogP contribution in [0.1, 0.15) is 37.7 Å². The van der Waals surface area contributed by atoms with E-state index in [1.54, 1.807) is 12.1 Å². The molecule has 4 nitrogen and oxygen atoms in total. The smallest absolute Gasteiger partial charge is 0.422 e. The zero-order valence-electron chi connectivity index (χ0n) is 13.9. The van der Waals surface area contributed by atoms with Gasteiger partial charge in [-0.15, -0.1) is 0 Å². The highest BCUT2D eigenvalue weighted by molar-refractivity contribution is 5.82. The third-order valence-corrected chi connectivity index (χ3v) is 4.97. The minimum absolute atomic E-state index is 0.00759. The summed E-state index contributed by atoms with van der Waals surface area (Å²) in [7, 11) is 0. The van der Waals surface area contributed by atoms with Gasteiger partial charge in [0.2, 0.25) is 5.91 Å². The number of rotatable bonds is 5. The Morgan fingerprint density at radius 2 is 1.92 bits per heavy atom. The number of carbonyl (C=O) groups is 1. The molecule has 1 aliphatic heterocycles. The molecule has 1 aromatic carbocycles. The van der Waals surface area contributed by atoms with Crippen LogP contribution in [-0.4, -0.2) is 30.8 Å². The molecule has 2 N–H and O–H groups in total. The summed E-state index contributed by atoms with van der Waals surface area (Å²) in [5.41, 5.74) is 0.822. The van der Waals surface area contributed by atoms with Crippen molar-refractivity contribution in [3.8, 4) is 5.75 Å². The molecule has 1 saturated heterocycles. The van der Waals surface area contributed by atoms with Gasteiger partial charge in [-0.3, -0.25) is 4.79 Å². The van der Waals surface area contributed by atoms with Gasteiger partial charge < -0.3 is 15.4 Å². The highest BCUT2D eigenvalue weighted by Crippen LogP contribution is 2.33. The highest BCUT2D eigenvalue weighted by atomic mass is 19.4. The standard InChI is InChI=1S/C18H23F3N2O2/c19-18(20,21)11-25-14-7-5-12(6-8-14)10-22-17(24)16-9-13-3-1-2-4-15(13)23-16/h5-8,13,15-16,23H,1-4,9-11H2,(H,22,24). The van der Waals surface area contributed by atoms with E-state index >= 15 is 0 Å². The van der Waals surface area contributed by atoms with Gasteiger partial charge in [-0.25, -0.2) is 0 Å². The molecule has 1 amide bonds. The van der Waals surface area contributed by atoms with Gasteiger partial charge in [0, 0.05) is 12.6 Å². The minimum Gasteiger partial charge on any atom is -0.484 e. The van der Waals surface area contributed by atoms with Crippen molar-refractivity contribution in [1.29, 1.82) is 0 Å². The second-order valence-electron chi connectivity index (χ2n) is 6.87. The van der Waals surface area contributed by atoms with Crippen LogP contribution in [0.3, 0.4) is 0 Å². The van der Waals surface area contributed by atoms with E-state index < -0.39 is 12.8 Å². The van der Waals surface area contributed by atoms with Crippen LogP contribution in [0.5, 0.6) is 5.75 Å². The van der Waals surface area contributed by atoms with Crippen molar-refractivity contribution in [2.24, 2.45) is 5.92 Å². The number of amides is 1. The van der Waals surface area contributed by atoms with Crippen molar-refractivity contribution in [3.05, 3.63) is 29.8 Å². The van der Waals surface area contributed by atoms with Crippen LogP contribution in [0.15, 0.2) is 24.3 Å². The molecule has 3 unspecified atom stereocenters. The average molecular weight is 356 g/mol. The second-order valence-corrected chi connectivity index (χ2v) is 6.87. The van der Waals surface area contributed by atoms with Gasteiger partial charge >= 0.3 is 6.18 Å². The van der Waals surface area contributed by atoms with Gasteiger partial charge in [-0.05, 0) is 42.9 Å². The molecule has 1 saturated carbocycles. The maximum absolute atomic E-state index is 12.3. The summed E-state index contributed by atoms with van der Waals surface area (Å²) in [5.74, 6) is 0.760. The quantitative estimate of drug-likeness (QED) is 0.852. The largest absolute Gasteiger partial charge is 0.484 e. The first kappa shape index (κ1) is 18.0. The minimum atomic E-state index is -4.35. The first-order valence-corrected chi connectivity index (χ1v) is 8.73. The van der Waals surface area contributed by atoms with Crippen molar-refractivity contribution in [2.75, 3.05) is 6.61 Å². The van der Waals surface area contributed by atoms with Crippen LogP contribution in [0, 0.1) is 5.92 Å². The summed E-state index contributed by atoms with van der Waals surface area (Å²) in [5, 5.41) is 6.33. The Balaban J connectivity index is 1.44. The topological polar surface area (TPSA) is 50.4 Å². The van der Waals surface area contributed by atoms with Gasteiger partial charge in [0.15, 0.2) is 6.61 Å². The normalized spacial score (nSPS) is 26.1. The van der Waals surface area contributed by atoms with E-state index in [2.05, 4.69) is 15.4 Å². The lowest BCUT2D eigenvalue weighted by Crippen LogP contribution is -2.42. The molecular weight excluding hydrogens is 333 g/mol. The molecule has 0 spiro atoms. The SMILES string of the molecule is O=C(NCc1ccc(OCC(F)(F)F)cc1)C1CC2CCCCC2N1. The van der Waals surface area contributed by atoms with E-state index in [0.29, 0.717) is 18.5 Å². The molecule has 2 fully saturated rings. The summed E-state index contributed by atoms with van der Waals surface area (Å²) in [4.78, 5) is 12.3. The van der Waals surface area contributed by atoms with Crippen molar-refractivity contribution in [2.45, 2.75) is 56.9 Å². The zero-order valence-corrected chi connectivity index (χ0v) is 13.9. The number of ether oxygens (including phenoxy) is 1. The Kier molecular flexibility index (Phi) is 5.51. The molecule has 0 aromatic heterocycles. The Hall–Kier alpha value is -1.76. The van der Waals surface area contributed by atoms with E-state index in [9.17, 15) is 18.0 Å². The summed E-state index contributed by atoms with van der Waals surface area (Å²) >= 11 is 0. The Labute approximate surface area is 145 Å². The summed E-state index contributed by atoms with van der Waals surface area (Å²) in [6.45, 7) is -0.954. The molecule has 0 radical (unpaired) electrons. The van der Waals surface area contributed by atoms with Crippen molar-refractivity contribution in [1.82, 2.24) is 10.6 Å². The fraction of sp³-hybridized carbons (Fsp3) is 0.611. The molecule has 7 heteroatoms. The maximum Gasteiger partial charge on any atom is 0.422 e. The molecule has 1 aromatic rings. The first-order chi connectivity index (χ1) is 11.9. The van der Waals surface area contributed by atoms with Gasteiger partial charge in [-0.2, -0.15) is 13.2 Å². The van der Waals surface area contributed by atoms with Gasteiger partial charge in [0.05, 0.1) is 6.04 Å². The molecule has 2 aliphatic rings. The van der Waals surface area contributed by atoms with Gasteiger partial charge in [0.1, 0.15) is 5.75 Å². The number of benzene rings is 1.